The van der Waals surface area contributed by atoms with E-state index in [1.807, 2.05) is 0 Å². The Hall–Kier alpha value is 0.0569. The fourth-order valence-electron chi connectivity index (χ4n) is 0.672. The molecule has 0 saturated heterocycles. The van der Waals surface area contributed by atoms with Gasteiger partial charge >= 0.3 is 9.05 Å². The summed E-state index contributed by atoms with van der Waals surface area (Å²) in [4.78, 5) is 9.48. The lowest BCUT2D eigenvalue weighted by molar-refractivity contribution is 0.00146. The Balaban J connectivity index is 3.79. The minimum absolute atomic E-state index is 0.405. The first-order valence-electron chi connectivity index (χ1n) is 3.82. The fraction of sp³-hybridized carbons (Fsp3) is 1.00. The van der Waals surface area contributed by atoms with E-state index >= 15 is 0 Å². The van der Waals surface area contributed by atoms with Gasteiger partial charge in [-0.05, 0) is 20.8 Å². The average molecular weight is 180 g/mol. The van der Waals surface area contributed by atoms with Crippen molar-refractivity contribution < 1.29 is 18.1 Å². The van der Waals surface area contributed by atoms with Crippen LogP contribution >= 0.6 is 0 Å². The Kier molecular flexibility index (Phi) is 5.70. The van der Waals surface area contributed by atoms with Crippen LogP contribution in [0.15, 0.2) is 0 Å². The molecule has 11 heavy (non-hydrogen) atoms. The Morgan fingerprint density at radius 2 is 1.18 bits per heavy atom. The molecule has 0 saturated carbocycles. The molecule has 4 nitrogen and oxygen atoms in total. The molecule has 0 bridgehead atoms. The fourth-order valence-corrected chi connectivity index (χ4v) is 2.02. The Morgan fingerprint density at radius 3 is 1.36 bits per heavy atom. The molecule has 1 N–H and O–H groups in total. The zero-order valence-corrected chi connectivity index (χ0v) is 8.29. The average Bonchev–Trinajstić information content (AvgIpc) is 1.88. The largest absolute Gasteiger partial charge is 0.676 e. The quantitative estimate of drug-likeness (QED) is 0.605. The first-order valence-corrected chi connectivity index (χ1v) is 5.50. The molecule has 0 amide bonds. The normalized spacial score (nSPS) is 12.0. The second kappa shape index (κ2) is 5.67. The van der Waals surface area contributed by atoms with Gasteiger partial charge in [0.15, 0.2) is 0 Å². The summed E-state index contributed by atoms with van der Waals surface area (Å²) in [6.45, 7) is 6.58. The van der Waals surface area contributed by atoms with Crippen molar-refractivity contribution in [3.8, 4) is 0 Å². The van der Waals surface area contributed by atoms with Crippen molar-refractivity contribution in [1.29, 1.82) is 0 Å². The number of hydrogen-bond donors (Lipinski definition) is 1. The van der Waals surface area contributed by atoms with E-state index in [-0.39, 0.29) is 0 Å². The van der Waals surface area contributed by atoms with E-state index < -0.39 is 9.05 Å². The van der Waals surface area contributed by atoms with Crippen molar-refractivity contribution in [2.75, 3.05) is 19.8 Å². The number of hydrogen-bond acceptors (Lipinski definition) is 4. The van der Waals surface area contributed by atoms with Crippen molar-refractivity contribution >= 4 is 9.05 Å². The van der Waals surface area contributed by atoms with Gasteiger partial charge in [0.2, 0.25) is 0 Å². The molecule has 0 unspecified atom stereocenters. The summed E-state index contributed by atoms with van der Waals surface area (Å²) in [5.41, 5.74) is 0. The highest BCUT2D eigenvalue weighted by Crippen LogP contribution is 2.04. The van der Waals surface area contributed by atoms with E-state index in [1.54, 1.807) is 20.8 Å². The van der Waals surface area contributed by atoms with Crippen LogP contribution in [0.4, 0.5) is 0 Å². The second-order valence-corrected chi connectivity index (χ2v) is 3.74. The summed E-state index contributed by atoms with van der Waals surface area (Å²) in [7, 11) is -3.25. The van der Waals surface area contributed by atoms with Gasteiger partial charge in [-0.15, -0.1) is 0 Å². The summed E-state index contributed by atoms with van der Waals surface area (Å²) < 4.78 is 14.9. The van der Waals surface area contributed by atoms with E-state index in [4.69, 9.17) is 13.3 Å². The Bertz CT molecular complexity index is 81.6. The van der Waals surface area contributed by atoms with Crippen molar-refractivity contribution in [3.63, 3.8) is 0 Å². The van der Waals surface area contributed by atoms with Crippen LogP contribution in [0.5, 0.6) is 0 Å². The molecule has 68 valence electrons. The van der Waals surface area contributed by atoms with E-state index in [1.165, 1.54) is 0 Å². The van der Waals surface area contributed by atoms with E-state index in [0.29, 0.717) is 19.8 Å². The molecular formula is C6H16O4Si. The minimum Gasteiger partial charge on any atom is -0.367 e. The molecule has 0 heterocycles. The Labute approximate surface area is 68.6 Å². The molecule has 0 aromatic carbocycles. The molecule has 0 aliphatic carbocycles. The summed E-state index contributed by atoms with van der Waals surface area (Å²) in [5.74, 6) is 0. The van der Waals surface area contributed by atoms with Crippen LogP contribution in [0.1, 0.15) is 20.8 Å². The van der Waals surface area contributed by atoms with Gasteiger partial charge < -0.3 is 18.1 Å². The summed E-state index contributed by atoms with van der Waals surface area (Å²) in [5, 5.41) is 0. The lowest BCUT2D eigenvalue weighted by Crippen LogP contribution is -2.46. The maximum absolute atomic E-state index is 9.48. The van der Waals surface area contributed by atoms with Crippen molar-refractivity contribution in [2.24, 2.45) is 0 Å². The van der Waals surface area contributed by atoms with E-state index in [9.17, 15) is 4.80 Å². The molecule has 0 atom stereocenters. The maximum Gasteiger partial charge on any atom is 0.676 e. The van der Waals surface area contributed by atoms with Crippen LogP contribution in [0.2, 0.25) is 0 Å². The summed E-state index contributed by atoms with van der Waals surface area (Å²) in [6, 6.07) is 0. The Morgan fingerprint density at radius 1 is 0.909 bits per heavy atom. The molecule has 0 aliphatic rings. The van der Waals surface area contributed by atoms with Gasteiger partial charge in [-0.25, -0.2) is 0 Å². The zero-order valence-electron chi connectivity index (χ0n) is 7.29. The molecule has 0 fully saturated rings. The highest BCUT2D eigenvalue weighted by molar-refractivity contribution is 6.51. The van der Waals surface area contributed by atoms with Crippen LogP contribution in [0.25, 0.3) is 0 Å². The van der Waals surface area contributed by atoms with E-state index in [2.05, 4.69) is 0 Å². The SMILES string of the molecule is CCO[Si](O)(OCC)OCC. The predicted octanol–water partition coefficient (Wildman–Crippen LogP) is 0.524. The van der Waals surface area contributed by atoms with Crippen molar-refractivity contribution in [2.45, 2.75) is 20.8 Å². The molecule has 0 rings (SSSR count). The minimum atomic E-state index is -3.25. The monoisotopic (exact) mass is 180 g/mol. The number of rotatable bonds is 6. The maximum atomic E-state index is 9.48. The van der Waals surface area contributed by atoms with Gasteiger partial charge in [-0.1, -0.05) is 0 Å². The molecular weight excluding hydrogens is 164 g/mol. The standard InChI is InChI=1S/C6H16O4Si/c1-4-8-11(7,9-5-2)10-6-3/h7H,4-6H2,1-3H3. The molecule has 0 radical (unpaired) electrons. The predicted molar refractivity (Wildman–Crippen MR) is 42.9 cm³/mol. The lowest BCUT2D eigenvalue weighted by atomic mass is 10.9. The molecule has 5 heteroatoms. The third-order valence-electron chi connectivity index (χ3n) is 0.980. The zero-order chi connectivity index (χ0) is 8.74. The summed E-state index contributed by atoms with van der Waals surface area (Å²) >= 11 is 0. The first-order chi connectivity index (χ1) is 5.18. The van der Waals surface area contributed by atoms with Gasteiger partial charge in [0.25, 0.3) is 0 Å². The van der Waals surface area contributed by atoms with Gasteiger partial charge in [-0.3, -0.25) is 0 Å². The van der Waals surface area contributed by atoms with Gasteiger partial charge in [-0.2, -0.15) is 0 Å². The first kappa shape index (κ1) is 11.1. The van der Waals surface area contributed by atoms with Crippen LogP contribution in [0.3, 0.4) is 0 Å². The highest BCUT2D eigenvalue weighted by atomic mass is 28.4. The molecule has 0 aromatic rings. The third kappa shape index (κ3) is 4.49. The van der Waals surface area contributed by atoms with Crippen molar-refractivity contribution in [3.05, 3.63) is 0 Å². The van der Waals surface area contributed by atoms with Gasteiger partial charge in [0.1, 0.15) is 0 Å². The van der Waals surface area contributed by atoms with E-state index in [0.717, 1.165) is 0 Å². The third-order valence-corrected chi connectivity index (χ3v) is 2.94. The van der Waals surface area contributed by atoms with Gasteiger partial charge in [0, 0.05) is 19.8 Å². The molecule has 0 aliphatic heterocycles. The topological polar surface area (TPSA) is 47.9 Å². The van der Waals surface area contributed by atoms with Crippen molar-refractivity contribution in [1.82, 2.24) is 0 Å². The van der Waals surface area contributed by atoms with Crippen LogP contribution in [-0.2, 0) is 13.3 Å². The van der Waals surface area contributed by atoms with Gasteiger partial charge in [0.05, 0.1) is 0 Å². The lowest BCUT2D eigenvalue weighted by Gasteiger charge is -2.20. The molecule has 0 spiro atoms. The van der Waals surface area contributed by atoms with Crippen LogP contribution in [-0.4, -0.2) is 33.7 Å². The smallest absolute Gasteiger partial charge is 0.367 e. The van der Waals surface area contributed by atoms with Crippen LogP contribution in [0, 0.1) is 0 Å². The second-order valence-electron chi connectivity index (χ2n) is 1.82. The summed E-state index contributed by atoms with van der Waals surface area (Å²) in [6.07, 6.45) is 0. The molecule has 0 aromatic heterocycles. The highest BCUT2D eigenvalue weighted by Gasteiger charge is 2.39. The van der Waals surface area contributed by atoms with Crippen LogP contribution < -0.4 is 0 Å².